The van der Waals surface area contributed by atoms with Crippen LogP contribution >= 0.6 is 11.6 Å². The lowest BCUT2D eigenvalue weighted by Gasteiger charge is -2.34. The summed E-state index contributed by atoms with van der Waals surface area (Å²) in [5, 5.41) is 3.41. The first-order chi connectivity index (χ1) is 15.4. The highest BCUT2D eigenvalue weighted by Gasteiger charge is 2.26. The van der Waals surface area contributed by atoms with Gasteiger partial charge in [-0.15, -0.1) is 0 Å². The monoisotopic (exact) mass is 457 g/mol. The highest BCUT2D eigenvalue weighted by molar-refractivity contribution is 6.32. The van der Waals surface area contributed by atoms with E-state index in [9.17, 15) is 9.59 Å². The number of hydrogen-bond donors (Lipinski definition) is 1. The van der Waals surface area contributed by atoms with Crippen LogP contribution in [0.4, 0.5) is 5.69 Å². The molecule has 7 nitrogen and oxygen atoms in total. The topological polar surface area (TPSA) is 71.1 Å². The first-order valence-corrected chi connectivity index (χ1v) is 11.3. The van der Waals surface area contributed by atoms with Gasteiger partial charge in [0.05, 0.1) is 24.8 Å². The van der Waals surface area contributed by atoms with Crippen LogP contribution in [0, 0.1) is 13.8 Å². The van der Waals surface area contributed by atoms with Gasteiger partial charge in [0, 0.05) is 43.9 Å². The van der Waals surface area contributed by atoms with E-state index < -0.39 is 0 Å². The molecule has 2 aromatic rings. The van der Waals surface area contributed by atoms with Crippen molar-refractivity contribution >= 4 is 29.1 Å². The number of hydrogen-bond acceptors (Lipinski definition) is 5. The first kappa shape index (κ1) is 22.4. The molecule has 0 aliphatic carbocycles. The van der Waals surface area contributed by atoms with Crippen LogP contribution in [0.25, 0.3) is 0 Å². The van der Waals surface area contributed by atoms with Crippen LogP contribution in [0.1, 0.15) is 27.9 Å². The summed E-state index contributed by atoms with van der Waals surface area (Å²) >= 11 is 6.34. The molecular formula is C24H28ClN3O4. The summed E-state index contributed by atoms with van der Waals surface area (Å²) < 4.78 is 11.3. The minimum Gasteiger partial charge on any atom is -0.489 e. The van der Waals surface area contributed by atoms with Crippen LogP contribution in [-0.2, 0) is 4.79 Å². The van der Waals surface area contributed by atoms with Gasteiger partial charge in [-0.2, -0.15) is 0 Å². The summed E-state index contributed by atoms with van der Waals surface area (Å²) in [5.41, 5.74) is 3.45. The van der Waals surface area contributed by atoms with Crippen LogP contribution in [0.15, 0.2) is 30.3 Å². The summed E-state index contributed by atoms with van der Waals surface area (Å²) in [6, 6.07) is 9.30. The van der Waals surface area contributed by atoms with Gasteiger partial charge < -0.3 is 19.7 Å². The van der Waals surface area contributed by atoms with Gasteiger partial charge >= 0.3 is 0 Å². The fourth-order valence-corrected chi connectivity index (χ4v) is 4.30. The fourth-order valence-electron chi connectivity index (χ4n) is 4.04. The van der Waals surface area contributed by atoms with Crippen molar-refractivity contribution in [1.29, 1.82) is 0 Å². The molecule has 0 unspecified atom stereocenters. The number of halogens is 1. The van der Waals surface area contributed by atoms with Crippen LogP contribution in [0.2, 0.25) is 5.02 Å². The Hall–Kier alpha value is -2.77. The Morgan fingerprint density at radius 1 is 1.03 bits per heavy atom. The van der Waals surface area contributed by atoms with Crippen molar-refractivity contribution in [2.45, 2.75) is 20.3 Å². The molecule has 0 aromatic heterocycles. The van der Waals surface area contributed by atoms with Crippen molar-refractivity contribution in [3.05, 3.63) is 52.0 Å². The Morgan fingerprint density at radius 3 is 2.44 bits per heavy atom. The SMILES string of the molecule is Cc1cccc(C)c1NC(=O)CN1CCN(C(=O)c2cc(Cl)c3c(c2)OCCCO3)CC1. The maximum atomic E-state index is 13.0. The highest BCUT2D eigenvalue weighted by atomic mass is 35.5. The van der Waals surface area contributed by atoms with Crippen LogP contribution < -0.4 is 14.8 Å². The number of ether oxygens (including phenoxy) is 2. The van der Waals surface area contributed by atoms with Crippen LogP contribution in [-0.4, -0.2) is 67.6 Å². The second-order valence-corrected chi connectivity index (χ2v) is 8.63. The van der Waals surface area contributed by atoms with Crippen molar-refractivity contribution in [1.82, 2.24) is 9.80 Å². The zero-order valence-electron chi connectivity index (χ0n) is 18.4. The molecule has 2 aromatic carbocycles. The van der Waals surface area contributed by atoms with E-state index in [0.29, 0.717) is 68.0 Å². The Balaban J connectivity index is 1.34. The van der Waals surface area contributed by atoms with E-state index in [0.717, 1.165) is 23.2 Å². The number of para-hydroxylation sites is 1. The van der Waals surface area contributed by atoms with Crippen molar-refractivity contribution in [3.63, 3.8) is 0 Å². The van der Waals surface area contributed by atoms with Crippen molar-refractivity contribution in [2.24, 2.45) is 0 Å². The van der Waals surface area contributed by atoms with E-state index in [1.54, 1.807) is 17.0 Å². The Labute approximate surface area is 193 Å². The van der Waals surface area contributed by atoms with E-state index in [-0.39, 0.29) is 11.8 Å². The summed E-state index contributed by atoms with van der Waals surface area (Å²) in [4.78, 5) is 29.4. The fraction of sp³-hybridized carbons (Fsp3) is 0.417. The second kappa shape index (κ2) is 9.79. The van der Waals surface area contributed by atoms with Gasteiger partial charge in [0.25, 0.3) is 5.91 Å². The third-order valence-corrected chi connectivity index (χ3v) is 6.10. The molecule has 170 valence electrons. The maximum Gasteiger partial charge on any atom is 0.254 e. The number of nitrogens with one attached hydrogen (secondary N) is 1. The lowest BCUT2D eigenvalue weighted by Crippen LogP contribution is -2.50. The number of amides is 2. The zero-order chi connectivity index (χ0) is 22.7. The zero-order valence-corrected chi connectivity index (χ0v) is 19.2. The lowest BCUT2D eigenvalue weighted by molar-refractivity contribution is -0.117. The maximum absolute atomic E-state index is 13.0. The largest absolute Gasteiger partial charge is 0.489 e. The number of carbonyl (C=O) groups excluding carboxylic acids is 2. The third kappa shape index (κ3) is 5.00. The first-order valence-electron chi connectivity index (χ1n) is 10.9. The standard InChI is InChI=1S/C24H28ClN3O4/c1-16-5-3-6-17(2)22(16)26-21(29)15-27-7-9-28(10-8-27)24(30)18-13-19(25)23-20(14-18)31-11-4-12-32-23/h3,5-6,13-14H,4,7-12,15H2,1-2H3,(H,26,29). The molecular weight excluding hydrogens is 430 g/mol. The van der Waals surface area contributed by atoms with Gasteiger partial charge in [0.1, 0.15) is 0 Å². The number of anilines is 1. The summed E-state index contributed by atoms with van der Waals surface area (Å²) in [6.45, 7) is 7.68. The molecule has 2 amide bonds. The summed E-state index contributed by atoms with van der Waals surface area (Å²) in [7, 11) is 0. The molecule has 0 bridgehead atoms. The Bertz CT molecular complexity index is 998. The van der Waals surface area contributed by atoms with Crippen LogP contribution in [0.3, 0.4) is 0 Å². The molecule has 2 aliphatic heterocycles. The van der Waals surface area contributed by atoms with Crippen molar-refractivity contribution < 1.29 is 19.1 Å². The smallest absolute Gasteiger partial charge is 0.254 e. The third-order valence-electron chi connectivity index (χ3n) is 5.82. The van der Waals surface area contributed by atoms with E-state index in [4.69, 9.17) is 21.1 Å². The molecule has 1 fully saturated rings. The number of fused-ring (bicyclic) bond motifs is 1. The summed E-state index contributed by atoms with van der Waals surface area (Å²) in [5.74, 6) is 0.875. The molecule has 0 radical (unpaired) electrons. The van der Waals surface area contributed by atoms with Crippen molar-refractivity contribution in [3.8, 4) is 11.5 Å². The predicted octanol–water partition coefficient (Wildman–Crippen LogP) is 3.51. The average Bonchev–Trinajstić information content (AvgIpc) is 3.02. The molecule has 0 saturated carbocycles. The van der Waals surface area contributed by atoms with Crippen LogP contribution in [0.5, 0.6) is 11.5 Å². The van der Waals surface area contributed by atoms with Gasteiger partial charge in [-0.3, -0.25) is 14.5 Å². The van der Waals surface area contributed by atoms with E-state index >= 15 is 0 Å². The van der Waals surface area contributed by atoms with E-state index in [1.165, 1.54) is 0 Å². The Morgan fingerprint density at radius 2 is 1.72 bits per heavy atom. The quantitative estimate of drug-likeness (QED) is 0.760. The molecule has 1 saturated heterocycles. The normalized spacial score (nSPS) is 16.4. The number of benzene rings is 2. The minimum absolute atomic E-state index is 0.0446. The average molecular weight is 458 g/mol. The molecule has 8 heteroatoms. The van der Waals surface area contributed by atoms with Gasteiger partial charge in [-0.05, 0) is 37.1 Å². The number of rotatable bonds is 4. The van der Waals surface area contributed by atoms with Gasteiger partial charge in [0.2, 0.25) is 5.91 Å². The van der Waals surface area contributed by atoms with Gasteiger partial charge in [0.15, 0.2) is 11.5 Å². The predicted molar refractivity (Wildman–Crippen MR) is 124 cm³/mol. The molecule has 32 heavy (non-hydrogen) atoms. The Kier molecular flexibility index (Phi) is 6.86. The lowest BCUT2D eigenvalue weighted by atomic mass is 10.1. The number of nitrogens with zero attached hydrogens (tertiary/aromatic N) is 2. The minimum atomic E-state index is -0.0952. The molecule has 1 N–H and O–H groups in total. The van der Waals surface area contributed by atoms with E-state index in [1.807, 2.05) is 32.0 Å². The summed E-state index contributed by atoms with van der Waals surface area (Å²) in [6.07, 6.45) is 0.771. The molecule has 0 spiro atoms. The van der Waals surface area contributed by atoms with Gasteiger partial charge in [-0.25, -0.2) is 0 Å². The number of aryl methyl sites for hydroxylation is 2. The molecule has 4 rings (SSSR count). The van der Waals surface area contributed by atoms with Gasteiger partial charge in [-0.1, -0.05) is 29.8 Å². The molecule has 0 atom stereocenters. The van der Waals surface area contributed by atoms with E-state index in [2.05, 4.69) is 10.2 Å². The molecule has 2 heterocycles. The number of carbonyl (C=O) groups is 2. The van der Waals surface area contributed by atoms with Crippen molar-refractivity contribution in [2.75, 3.05) is 51.3 Å². The molecule has 2 aliphatic rings. The second-order valence-electron chi connectivity index (χ2n) is 8.22. The highest BCUT2D eigenvalue weighted by Crippen LogP contribution is 2.38. The number of piperazine rings is 1.